The Morgan fingerprint density at radius 2 is 1.58 bits per heavy atom. The summed E-state index contributed by atoms with van der Waals surface area (Å²) >= 11 is 0. The molecule has 0 unspecified atom stereocenters. The smallest absolute Gasteiger partial charge is 0.338 e. The lowest BCUT2D eigenvalue weighted by molar-refractivity contribution is 0.0467. The number of hydrogen-bond acceptors (Lipinski definition) is 6. The topological polar surface area (TPSA) is 84.8 Å². The molecule has 0 saturated carbocycles. The van der Waals surface area contributed by atoms with Gasteiger partial charge in [0.25, 0.3) is 0 Å². The third-order valence-electron chi connectivity index (χ3n) is 3.94. The van der Waals surface area contributed by atoms with Gasteiger partial charge in [0, 0.05) is 12.4 Å². The molecule has 9 heteroatoms. The van der Waals surface area contributed by atoms with Crippen LogP contribution in [0.25, 0.3) is 0 Å². The molecule has 3 heterocycles. The summed E-state index contributed by atoms with van der Waals surface area (Å²) in [5.74, 6) is -2.67. The Morgan fingerprint density at radius 1 is 1.08 bits per heavy atom. The highest BCUT2D eigenvalue weighted by atomic mass is 19.1. The Morgan fingerprint density at radius 3 is 2.04 bits per heavy atom. The van der Waals surface area contributed by atoms with E-state index in [0.717, 1.165) is 12.1 Å². The molecule has 1 saturated heterocycles. The first-order valence-electron chi connectivity index (χ1n) is 7.14. The highest BCUT2D eigenvalue weighted by molar-refractivity contribution is 5.86. The monoisotopic (exact) mass is 335 g/mol. The van der Waals surface area contributed by atoms with Crippen LogP contribution in [-0.2, 0) is 0 Å². The fraction of sp³-hybridized carbons (Fsp3) is 0.267. The van der Waals surface area contributed by atoms with Gasteiger partial charge in [0.1, 0.15) is 0 Å². The van der Waals surface area contributed by atoms with Crippen LogP contribution in [0.4, 0.5) is 14.7 Å². The summed E-state index contributed by atoms with van der Waals surface area (Å²) < 4.78 is 38.7. The van der Waals surface area contributed by atoms with Crippen molar-refractivity contribution < 1.29 is 28.2 Å². The molecule has 0 amide bonds. The van der Waals surface area contributed by atoms with Gasteiger partial charge >= 0.3 is 5.97 Å². The van der Waals surface area contributed by atoms with E-state index in [1.165, 1.54) is 12.4 Å². The number of hydrogen-bond donors (Lipinski definition) is 1. The van der Waals surface area contributed by atoms with Crippen LogP contribution in [-0.4, -0.2) is 46.3 Å². The molecule has 2 aliphatic rings. The zero-order valence-corrected chi connectivity index (χ0v) is 12.1. The zero-order chi connectivity index (χ0) is 16.8. The summed E-state index contributed by atoms with van der Waals surface area (Å²) in [6.45, 7) is 0.624. The van der Waals surface area contributed by atoms with E-state index in [0.29, 0.717) is 19.0 Å². The van der Waals surface area contributed by atoms with Gasteiger partial charge in [-0.2, -0.15) is 0 Å². The van der Waals surface area contributed by atoms with E-state index in [1.807, 2.05) is 0 Å². The number of nitrogens with zero attached hydrogens (tertiary/aromatic N) is 3. The van der Waals surface area contributed by atoms with Crippen LogP contribution in [0.5, 0.6) is 11.5 Å². The molecule has 1 N–H and O–H groups in total. The van der Waals surface area contributed by atoms with Gasteiger partial charge in [0.15, 0.2) is 23.8 Å². The molecular formula is C15H11F2N3O4. The lowest BCUT2D eigenvalue weighted by Gasteiger charge is -2.28. The van der Waals surface area contributed by atoms with Crippen LogP contribution in [0.15, 0.2) is 24.5 Å². The number of fused-ring (bicyclic) bond motifs is 2. The predicted octanol–water partition coefficient (Wildman–Crippen LogP) is 1.48. The van der Waals surface area contributed by atoms with E-state index >= 15 is 0 Å². The molecule has 2 aromatic rings. The Bertz CT molecular complexity index is 776. The standard InChI is InChI=1S/C15H11F2N3O4/c16-8-1-2-9(17)13-12(8)23-10-5-20(6-11(10)24-13)15-18-3-7(4-19-15)14(21)22/h1-4,10-11H,5-6H2,(H,21,22)/t10-,11+. The Labute approximate surface area is 134 Å². The average Bonchev–Trinajstić information content (AvgIpc) is 3.00. The minimum Gasteiger partial charge on any atom is -0.478 e. The van der Waals surface area contributed by atoms with Crippen LogP contribution in [0.1, 0.15) is 10.4 Å². The SMILES string of the molecule is O=C(O)c1cnc(N2C[C@@H]3Oc4c(F)ccc(F)c4O[C@@H]3C2)nc1. The summed E-state index contributed by atoms with van der Waals surface area (Å²) in [6.07, 6.45) is 1.39. The van der Waals surface area contributed by atoms with E-state index in [1.54, 1.807) is 4.90 Å². The minimum atomic E-state index is -1.12. The molecular weight excluding hydrogens is 324 g/mol. The number of rotatable bonds is 2. The number of aromatic nitrogens is 2. The van der Waals surface area contributed by atoms with Crippen LogP contribution in [0.2, 0.25) is 0 Å². The molecule has 1 aromatic carbocycles. The van der Waals surface area contributed by atoms with Crippen molar-refractivity contribution in [2.24, 2.45) is 0 Å². The number of carbonyl (C=O) groups is 1. The number of aromatic carboxylic acids is 1. The van der Waals surface area contributed by atoms with E-state index in [9.17, 15) is 13.6 Å². The second-order valence-electron chi connectivity index (χ2n) is 5.48. The summed E-state index contributed by atoms with van der Waals surface area (Å²) in [5, 5.41) is 8.86. The van der Waals surface area contributed by atoms with Crippen molar-refractivity contribution in [3.63, 3.8) is 0 Å². The van der Waals surface area contributed by atoms with E-state index in [2.05, 4.69) is 9.97 Å². The molecule has 2 atom stereocenters. The Kier molecular flexibility index (Phi) is 3.22. The number of anilines is 1. The fourth-order valence-corrected chi connectivity index (χ4v) is 2.77. The maximum Gasteiger partial charge on any atom is 0.338 e. The van der Waals surface area contributed by atoms with Crippen molar-refractivity contribution in [2.45, 2.75) is 12.2 Å². The minimum absolute atomic E-state index is 0.0283. The van der Waals surface area contributed by atoms with Gasteiger partial charge in [0.05, 0.1) is 18.7 Å². The number of carboxylic acids is 1. The van der Waals surface area contributed by atoms with E-state index in [4.69, 9.17) is 14.6 Å². The number of ether oxygens (including phenoxy) is 2. The molecule has 1 fully saturated rings. The maximum absolute atomic E-state index is 13.8. The van der Waals surface area contributed by atoms with Crippen molar-refractivity contribution in [3.05, 3.63) is 41.7 Å². The summed E-state index contributed by atoms with van der Waals surface area (Å²) in [7, 11) is 0. The molecule has 0 bridgehead atoms. The van der Waals surface area contributed by atoms with Gasteiger partial charge in [-0.25, -0.2) is 23.5 Å². The van der Waals surface area contributed by atoms with E-state index in [-0.39, 0.29) is 17.1 Å². The first-order chi connectivity index (χ1) is 11.5. The predicted molar refractivity (Wildman–Crippen MR) is 76.4 cm³/mol. The highest BCUT2D eigenvalue weighted by Crippen LogP contribution is 2.40. The number of benzene rings is 1. The van der Waals surface area contributed by atoms with Crippen molar-refractivity contribution in [3.8, 4) is 11.5 Å². The third kappa shape index (κ3) is 2.29. The third-order valence-corrected chi connectivity index (χ3v) is 3.94. The molecule has 0 aliphatic carbocycles. The lowest BCUT2D eigenvalue weighted by Crippen LogP contribution is -2.39. The fourth-order valence-electron chi connectivity index (χ4n) is 2.77. The van der Waals surface area contributed by atoms with Crippen molar-refractivity contribution in [1.82, 2.24) is 9.97 Å². The maximum atomic E-state index is 13.8. The Hall–Kier alpha value is -2.97. The molecule has 24 heavy (non-hydrogen) atoms. The summed E-state index contributed by atoms with van der Waals surface area (Å²) in [4.78, 5) is 20.5. The van der Waals surface area contributed by atoms with Crippen molar-refractivity contribution in [1.29, 1.82) is 0 Å². The quantitative estimate of drug-likeness (QED) is 0.890. The summed E-state index contributed by atoms with van der Waals surface area (Å²) in [5.41, 5.74) is -0.0283. The van der Waals surface area contributed by atoms with Gasteiger partial charge < -0.3 is 19.5 Å². The average molecular weight is 335 g/mol. The number of halogens is 2. The van der Waals surface area contributed by atoms with Crippen molar-refractivity contribution in [2.75, 3.05) is 18.0 Å². The first-order valence-corrected chi connectivity index (χ1v) is 7.14. The van der Waals surface area contributed by atoms with Crippen LogP contribution >= 0.6 is 0 Å². The first kappa shape index (κ1) is 14.6. The summed E-state index contributed by atoms with van der Waals surface area (Å²) in [6, 6.07) is 1.97. The van der Waals surface area contributed by atoms with Crippen molar-refractivity contribution >= 4 is 11.9 Å². The largest absolute Gasteiger partial charge is 0.478 e. The molecule has 4 rings (SSSR count). The normalized spacial score (nSPS) is 21.5. The van der Waals surface area contributed by atoms with Gasteiger partial charge in [-0.05, 0) is 12.1 Å². The molecule has 0 spiro atoms. The van der Waals surface area contributed by atoms with Crippen LogP contribution in [0.3, 0.4) is 0 Å². The van der Waals surface area contributed by atoms with Gasteiger partial charge in [-0.15, -0.1) is 0 Å². The molecule has 0 radical (unpaired) electrons. The van der Waals surface area contributed by atoms with Crippen LogP contribution in [0, 0.1) is 11.6 Å². The Balaban J connectivity index is 1.56. The molecule has 1 aromatic heterocycles. The molecule has 7 nitrogen and oxygen atoms in total. The number of carboxylic acid groups (broad SMARTS) is 1. The second-order valence-corrected chi connectivity index (χ2v) is 5.48. The highest BCUT2D eigenvalue weighted by Gasteiger charge is 2.42. The zero-order valence-electron chi connectivity index (χ0n) is 12.1. The second kappa shape index (κ2) is 5.29. The van der Waals surface area contributed by atoms with Crippen LogP contribution < -0.4 is 14.4 Å². The van der Waals surface area contributed by atoms with E-state index < -0.39 is 29.8 Å². The lowest BCUT2D eigenvalue weighted by atomic mass is 10.2. The van der Waals surface area contributed by atoms with Gasteiger partial charge in [0.2, 0.25) is 17.4 Å². The molecule has 2 aliphatic heterocycles. The molecule has 124 valence electrons. The van der Waals surface area contributed by atoms with Gasteiger partial charge in [-0.1, -0.05) is 0 Å². The van der Waals surface area contributed by atoms with Gasteiger partial charge in [-0.3, -0.25) is 0 Å².